The predicted octanol–water partition coefficient (Wildman–Crippen LogP) is 0.741. The molecule has 0 unspecified atom stereocenters. The predicted molar refractivity (Wildman–Crippen MR) is 76.3 cm³/mol. The quantitative estimate of drug-likeness (QED) is 0.644. The zero-order chi connectivity index (χ0) is 14.9. The van der Waals surface area contributed by atoms with Gasteiger partial charge in [0.2, 0.25) is 5.91 Å². The first-order valence-electron chi connectivity index (χ1n) is 6.17. The number of hydrogen-bond acceptors (Lipinski definition) is 5. The number of hydrogen-bond donors (Lipinski definition) is 3. The number of rotatable bonds is 7. The van der Waals surface area contributed by atoms with Gasteiger partial charge in [-0.3, -0.25) is 4.79 Å². The van der Waals surface area contributed by atoms with Crippen LogP contribution in [0.2, 0.25) is 0 Å². The molecule has 112 valence electrons. The van der Waals surface area contributed by atoms with Gasteiger partial charge in [-0.25, -0.2) is 4.79 Å². The van der Waals surface area contributed by atoms with Gasteiger partial charge in [-0.2, -0.15) is 11.8 Å². The van der Waals surface area contributed by atoms with Crippen LogP contribution in [0.15, 0.2) is 0 Å². The van der Waals surface area contributed by atoms with E-state index in [1.54, 1.807) is 32.5 Å². The Kier molecular flexibility index (Phi) is 8.58. The summed E-state index contributed by atoms with van der Waals surface area (Å²) in [6.45, 7) is 5.32. The normalized spacial score (nSPS) is 12.7. The molecule has 19 heavy (non-hydrogen) atoms. The van der Waals surface area contributed by atoms with E-state index in [0.717, 1.165) is 5.75 Å². The highest BCUT2D eigenvalue weighted by molar-refractivity contribution is 7.98. The van der Waals surface area contributed by atoms with Crippen molar-refractivity contribution < 1.29 is 19.4 Å². The Balaban J connectivity index is 4.41. The SMILES string of the molecule is CSCC[C@H](NC(=O)OC(C)(C)C)C(=O)NCCO. The Morgan fingerprint density at radius 3 is 2.47 bits per heavy atom. The summed E-state index contributed by atoms with van der Waals surface area (Å²) in [5.41, 5.74) is -0.601. The molecule has 0 aromatic carbocycles. The van der Waals surface area contributed by atoms with Crippen molar-refractivity contribution in [3.8, 4) is 0 Å². The van der Waals surface area contributed by atoms with Crippen molar-refractivity contribution >= 4 is 23.8 Å². The zero-order valence-corrected chi connectivity index (χ0v) is 12.8. The Morgan fingerprint density at radius 2 is 2.00 bits per heavy atom. The molecule has 2 amide bonds. The fraction of sp³-hybridized carbons (Fsp3) is 0.833. The number of carbonyl (C=O) groups excluding carboxylic acids is 2. The van der Waals surface area contributed by atoms with Crippen LogP contribution in [0.1, 0.15) is 27.2 Å². The average molecular weight is 292 g/mol. The molecule has 3 N–H and O–H groups in total. The Hall–Kier alpha value is -0.950. The van der Waals surface area contributed by atoms with Crippen molar-refractivity contribution in [1.82, 2.24) is 10.6 Å². The highest BCUT2D eigenvalue weighted by Gasteiger charge is 2.23. The maximum atomic E-state index is 11.8. The summed E-state index contributed by atoms with van der Waals surface area (Å²) < 4.78 is 5.12. The van der Waals surface area contributed by atoms with E-state index in [-0.39, 0.29) is 19.1 Å². The van der Waals surface area contributed by atoms with Crippen LogP contribution >= 0.6 is 11.8 Å². The monoisotopic (exact) mass is 292 g/mol. The van der Waals surface area contributed by atoms with Crippen molar-refractivity contribution in [2.24, 2.45) is 0 Å². The first kappa shape index (κ1) is 18.0. The second kappa shape index (κ2) is 9.03. The van der Waals surface area contributed by atoms with Crippen LogP contribution in [-0.2, 0) is 9.53 Å². The number of aliphatic hydroxyl groups excluding tert-OH is 1. The molecule has 0 aromatic rings. The molecule has 7 heteroatoms. The molecule has 0 aliphatic heterocycles. The topological polar surface area (TPSA) is 87.7 Å². The second-order valence-corrected chi connectivity index (χ2v) is 5.98. The molecule has 0 aliphatic carbocycles. The summed E-state index contributed by atoms with van der Waals surface area (Å²) in [5.74, 6) is 0.432. The van der Waals surface area contributed by atoms with E-state index in [0.29, 0.717) is 6.42 Å². The standard InChI is InChI=1S/C12H24N2O4S/c1-12(2,3)18-11(17)14-9(5-8-19-4)10(16)13-6-7-15/h9,15H,5-8H2,1-4H3,(H,13,16)(H,14,17)/t9-/m0/s1. The molecule has 1 atom stereocenters. The van der Waals surface area contributed by atoms with Gasteiger partial charge < -0.3 is 20.5 Å². The molecule has 0 spiro atoms. The fourth-order valence-corrected chi connectivity index (χ4v) is 1.73. The molecule has 0 heterocycles. The van der Waals surface area contributed by atoms with E-state index in [2.05, 4.69) is 10.6 Å². The number of thioether (sulfide) groups is 1. The minimum absolute atomic E-state index is 0.132. The van der Waals surface area contributed by atoms with Crippen LogP contribution in [0.4, 0.5) is 4.79 Å². The summed E-state index contributed by atoms with van der Waals surface area (Å²) in [7, 11) is 0. The maximum absolute atomic E-state index is 11.8. The molecule has 0 aliphatic rings. The third-order valence-corrected chi connectivity index (χ3v) is 2.67. The Bertz CT molecular complexity index is 292. The van der Waals surface area contributed by atoms with E-state index in [1.165, 1.54) is 0 Å². The van der Waals surface area contributed by atoms with Gasteiger partial charge in [-0.15, -0.1) is 0 Å². The molecule has 0 rings (SSSR count). The summed E-state index contributed by atoms with van der Waals surface area (Å²) >= 11 is 1.59. The number of alkyl carbamates (subject to hydrolysis) is 1. The first-order valence-corrected chi connectivity index (χ1v) is 7.56. The molecule has 0 saturated heterocycles. The van der Waals surface area contributed by atoms with Crippen molar-refractivity contribution in [2.45, 2.75) is 38.8 Å². The molecular weight excluding hydrogens is 268 g/mol. The Morgan fingerprint density at radius 1 is 1.37 bits per heavy atom. The molecule has 0 radical (unpaired) electrons. The lowest BCUT2D eigenvalue weighted by Crippen LogP contribution is -2.49. The van der Waals surface area contributed by atoms with Crippen molar-refractivity contribution in [3.05, 3.63) is 0 Å². The minimum atomic E-state index is -0.645. The van der Waals surface area contributed by atoms with Gasteiger partial charge in [-0.1, -0.05) is 0 Å². The maximum Gasteiger partial charge on any atom is 0.408 e. The van der Waals surface area contributed by atoms with E-state index >= 15 is 0 Å². The highest BCUT2D eigenvalue weighted by atomic mass is 32.2. The molecule has 6 nitrogen and oxygen atoms in total. The lowest BCUT2D eigenvalue weighted by molar-refractivity contribution is -0.123. The second-order valence-electron chi connectivity index (χ2n) is 4.99. The van der Waals surface area contributed by atoms with E-state index < -0.39 is 17.7 Å². The van der Waals surface area contributed by atoms with E-state index in [4.69, 9.17) is 9.84 Å². The van der Waals surface area contributed by atoms with Gasteiger partial charge in [0.15, 0.2) is 0 Å². The summed E-state index contributed by atoms with van der Waals surface area (Å²) in [6.07, 6.45) is 1.83. The van der Waals surface area contributed by atoms with Crippen LogP contribution < -0.4 is 10.6 Å². The van der Waals surface area contributed by atoms with Crippen molar-refractivity contribution in [2.75, 3.05) is 25.2 Å². The average Bonchev–Trinajstić information content (AvgIpc) is 2.29. The lowest BCUT2D eigenvalue weighted by atomic mass is 10.2. The van der Waals surface area contributed by atoms with Crippen LogP contribution in [-0.4, -0.2) is 53.9 Å². The van der Waals surface area contributed by atoms with Gasteiger partial charge in [0, 0.05) is 6.54 Å². The van der Waals surface area contributed by atoms with Crippen LogP contribution in [0, 0.1) is 0 Å². The van der Waals surface area contributed by atoms with Crippen LogP contribution in [0.25, 0.3) is 0 Å². The minimum Gasteiger partial charge on any atom is -0.444 e. The van der Waals surface area contributed by atoms with Crippen LogP contribution in [0.3, 0.4) is 0 Å². The van der Waals surface area contributed by atoms with Gasteiger partial charge in [0.25, 0.3) is 0 Å². The lowest BCUT2D eigenvalue weighted by Gasteiger charge is -2.23. The summed E-state index contributed by atoms with van der Waals surface area (Å²) in [6, 6.07) is -0.645. The molecule has 0 aromatic heterocycles. The molecule has 0 bridgehead atoms. The van der Waals surface area contributed by atoms with Crippen LogP contribution in [0.5, 0.6) is 0 Å². The van der Waals surface area contributed by atoms with Crippen molar-refractivity contribution in [3.63, 3.8) is 0 Å². The summed E-state index contributed by atoms with van der Waals surface area (Å²) in [5, 5.41) is 13.8. The number of carbonyl (C=O) groups is 2. The van der Waals surface area contributed by atoms with E-state index in [9.17, 15) is 9.59 Å². The third kappa shape index (κ3) is 9.61. The molecule has 0 fully saturated rings. The zero-order valence-electron chi connectivity index (χ0n) is 12.0. The largest absolute Gasteiger partial charge is 0.444 e. The van der Waals surface area contributed by atoms with Gasteiger partial charge in [0.05, 0.1) is 6.61 Å². The molecular formula is C12H24N2O4S. The number of nitrogens with one attached hydrogen (secondary N) is 2. The highest BCUT2D eigenvalue weighted by Crippen LogP contribution is 2.08. The summed E-state index contributed by atoms with van der Waals surface area (Å²) in [4.78, 5) is 23.4. The smallest absolute Gasteiger partial charge is 0.408 e. The van der Waals surface area contributed by atoms with Gasteiger partial charge in [0.1, 0.15) is 11.6 Å². The fourth-order valence-electron chi connectivity index (χ4n) is 1.26. The molecule has 0 saturated carbocycles. The van der Waals surface area contributed by atoms with E-state index in [1.807, 2.05) is 6.26 Å². The first-order chi connectivity index (χ1) is 8.80. The van der Waals surface area contributed by atoms with Crippen molar-refractivity contribution in [1.29, 1.82) is 0 Å². The third-order valence-electron chi connectivity index (χ3n) is 2.03. The number of ether oxygens (including phenoxy) is 1. The van der Waals surface area contributed by atoms with Gasteiger partial charge >= 0.3 is 6.09 Å². The number of amides is 2. The number of aliphatic hydroxyl groups is 1. The van der Waals surface area contributed by atoms with Gasteiger partial charge in [-0.05, 0) is 39.2 Å². The Labute approximate surface area is 118 Å².